The number of benzene rings is 2. The predicted molar refractivity (Wildman–Crippen MR) is 108 cm³/mol. The molecule has 1 saturated heterocycles. The first-order valence-corrected chi connectivity index (χ1v) is 9.47. The van der Waals surface area contributed by atoms with Crippen LogP contribution in [0.3, 0.4) is 0 Å². The highest BCUT2D eigenvalue weighted by Crippen LogP contribution is 2.22. The first-order valence-electron chi connectivity index (χ1n) is 9.47. The second-order valence-corrected chi connectivity index (χ2v) is 6.86. The summed E-state index contributed by atoms with van der Waals surface area (Å²) in [7, 11) is 0. The molecule has 2 heterocycles. The average Bonchev–Trinajstić information content (AvgIpc) is 3.24. The molecule has 5 nitrogen and oxygen atoms in total. The van der Waals surface area contributed by atoms with E-state index in [1.807, 2.05) is 41.3 Å². The Morgan fingerprint density at radius 1 is 0.926 bits per heavy atom. The molecule has 0 radical (unpaired) electrons. The normalized spacial score (nSPS) is 14.4. The molecule has 0 spiro atoms. The molecule has 27 heavy (non-hydrogen) atoms. The number of rotatable bonds is 5. The Bertz CT molecular complexity index is 868. The topological polar surface area (TPSA) is 52.2 Å². The average molecular weight is 360 g/mol. The summed E-state index contributed by atoms with van der Waals surface area (Å²) in [4.78, 5) is 16.7. The number of carbonyl (C=O) groups excluding carboxylic acids is 1. The molecule has 1 N–H and O–H groups in total. The van der Waals surface area contributed by atoms with Gasteiger partial charge in [-0.2, -0.15) is 5.10 Å². The lowest BCUT2D eigenvalue weighted by molar-refractivity contribution is -0.131. The zero-order chi connectivity index (χ0) is 18.5. The Balaban J connectivity index is 1.30. The number of amides is 1. The number of carbonyl (C=O) groups is 1. The van der Waals surface area contributed by atoms with Crippen LogP contribution >= 0.6 is 0 Å². The van der Waals surface area contributed by atoms with Gasteiger partial charge in [-0.3, -0.25) is 9.89 Å². The maximum atomic E-state index is 12.5. The van der Waals surface area contributed by atoms with Crippen LogP contribution in [0.2, 0.25) is 0 Å². The SMILES string of the molecule is O=C(CCc1ccccc1)N1CCN(c2cc(-c3ccccc3)[nH]n2)CC1. The van der Waals surface area contributed by atoms with Crippen LogP contribution in [0.1, 0.15) is 12.0 Å². The first-order chi connectivity index (χ1) is 13.3. The van der Waals surface area contributed by atoms with E-state index in [9.17, 15) is 4.79 Å². The Labute approximate surface area is 159 Å². The van der Waals surface area contributed by atoms with Crippen LogP contribution in [0.25, 0.3) is 11.3 Å². The number of hydrogen-bond donors (Lipinski definition) is 1. The summed E-state index contributed by atoms with van der Waals surface area (Å²) in [6.07, 6.45) is 1.38. The van der Waals surface area contributed by atoms with Gasteiger partial charge < -0.3 is 9.80 Å². The monoisotopic (exact) mass is 360 g/mol. The van der Waals surface area contributed by atoms with E-state index in [0.29, 0.717) is 6.42 Å². The van der Waals surface area contributed by atoms with Gasteiger partial charge in [0.05, 0.1) is 5.69 Å². The number of aryl methyl sites for hydroxylation is 1. The molecule has 1 amide bonds. The van der Waals surface area contributed by atoms with Crippen molar-refractivity contribution in [2.24, 2.45) is 0 Å². The lowest BCUT2D eigenvalue weighted by atomic mass is 10.1. The van der Waals surface area contributed by atoms with Gasteiger partial charge >= 0.3 is 0 Å². The van der Waals surface area contributed by atoms with Gasteiger partial charge in [0, 0.05) is 38.7 Å². The second kappa shape index (κ2) is 8.08. The molecule has 4 rings (SSSR count). The van der Waals surface area contributed by atoms with Crippen molar-refractivity contribution in [3.05, 3.63) is 72.3 Å². The third-order valence-electron chi connectivity index (χ3n) is 5.08. The third-order valence-corrected chi connectivity index (χ3v) is 5.08. The standard InChI is InChI=1S/C22H24N4O/c27-22(12-11-18-7-3-1-4-8-18)26-15-13-25(14-16-26)21-17-20(23-24-21)19-9-5-2-6-10-19/h1-10,17H,11-16H2,(H,23,24). The number of H-pyrrole nitrogens is 1. The zero-order valence-corrected chi connectivity index (χ0v) is 15.3. The van der Waals surface area contributed by atoms with E-state index in [1.165, 1.54) is 5.56 Å². The molecule has 3 aromatic rings. The second-order valence-electron chi connectivity index (χ2n) is 6.86. The minimum atomic E-state index is 0.241. The van der Waals surface area contributed by atoms with Crippen LogP contribution in [0, 0.1) is 0 Å². The van der Waals surface area contributed by atoms with E-state index >= 15 is 0 Å². The number of aromatic nitrogens is 2. The fourth-order valence-electron chi connectivity index (χ4n) is 3.48. The van der Waals surface area contributed by atoms with Crippen molar-refractivity contribution >= 4 is 11.7 Å². The number of anilines is 1. The molecule has 1 aliphatic rings. The van der Waals surface area contributed by atoms with E-state index in [1.54, 1.807) is 0 Å². The van der Waals surface area contributed by atoms with Gasteiger partial charge in [0.2, 0.25) is 5.91 Å². The highest BCUT2D eigenvalue weighted by atomic mass is 16.2. The fourth-order valence-corrected chi connectivity index (χ4v) is 3.48. The molecule has 0 unspecified atom stereocenters. The van der Waals surface area contributed by atoms with Crippen molar-refractivity contribution < 1.29 is 4.79 Å². The van der Waals surface area contributed by atoms with Crippen LogP contribution in [0.15, 0.2) is 66.7 Å². The molecule has 0 aliphatic carbocycles. The van der Waals surface area contributed by atoms with Gasteiger partial charge in [-0.1, -0.05) is 60.7 Å². The van der Waals surface area contributed by atoms with Crippen LogP contribution in [0.5, 0.6) is 0 Å². The van der Waals surface area contributed by atoms with Crippen molar-refractivity contribution in [3.63, 3.8) is 0 Å². The van der Waals surface area contributed by atoms with Crippen LogP contribution in [0.4, 0.5) is 5.82 Å². The van der Waals surface area contributed by atoms with Crippen LogP contribution in [-0.2, 0) is 11.2 Å². The Kier molecular flexibility index (Phi) is 5.19. The molecule has 0 saturated carbocycles. The van der Waals surface area contributed by atoms with Crippen LogP contribution < -0.4 is 4.90 Å². The molecule has 5 heteroatoms. The zero-order valence-electron chi connectivity index (χ0n) is 15.3. The number of nitrogens with one attached hydrogen (secondary N) is 1. The summed E-state index contributed by atoms with van der Waals surface area (Å²) < 4.78 is 0. The number of piperazine rings is 1. The van der Waals surface area contributed by atoms with E-state index in [0.717, 1.165) is 49.7 Å². The van der Waals surface area contributed by atoms with Gasteiger partial charge in [-0.25, -0.2) is 0 Å². The number of aromatic amines is 1. The van der Waals surface area contributed by atoms with Gasteiger partial charge in [-0.15, -0.1) is 0 Å². The molecular formula is C22H24N4O. The maximum absolute atomic E-state index is 12.5. The summed E-state index contributed by atoms with van der Waals surface area (Å²) in [6, 6.07) is 22.5. The molecule has 138 valence electrons. The van der Waals surface area contributed by atoms with Crippen molar-refractivity contribution in [2.45, 2.75) is 12.8 Å². The summed E-state index contributed by atoms with van der Waals surface area (Å²) in [5, 5.41) is 7.58. The minimum Gasteiger partial charge on any atom is -0.352 e. The summed E-state index contributed by atoms with van der Waals surface area (Å²) in [5.41, 5.74) is 3.37. The first kappa shape index (κ1) is 17.3. The van der Waals surface area contributed by atoms with Gasteiger partial charge in [0.15, 0.2) is 5.82 Å². The van der Waals surface area contributed by atoms with Crippen LogP contribution in [-0.4, -0.2) is 47.2 Å². The molecule has 0 atom stereocenters. The molecule has 2 aromatic carbocycles. The van der Waals surface area contributed by atoms with Crippen molar-refractivity contribution in [1.82, 2.24) is 15.1 Å². The third kappa shape index (κ3) is 4.19. The smallest absolute Gasteiger partial charge is 0.223 e. The molecule has 1 aliphatic heterocycles. The highest BCUT2D eigenvalue weighted by Gasteiger charge is 2.22. The van der Waals surface area contributed by atoms with Gasteiger partial charge in [0.1, 0.15) is 0 Å². The van der Waals surface area contributed by atoms with E-state index in [2.05, 4.69) is 45.4 Å². The van der Waals surface area contributed by atoms with E-state index in [4.69, 9.17) is 0 Å². The summed E-state index contributed by atoms with van der Waals surface area (Å²) in [5.74, 6) is 1.19. The minimum absolute atomic E-state index is 0.241. The quantitative estimate of drug-likeness (QED) is 0.759. The molecule has 1 aromatic heterocycles. The van der Waals surface area contributed by atoms with Crippen molar-refractivity contribution in [1.29, 1.82) is 0 Å². The summed E-state index contributed by atoms with van der Waals surface area (Å²) in [6.45, 7) is 3.13. The van der Waals surface area contributed by atoms with Gasteiger partial charge in [0.25, 0.3) is 0 Å². The number of hydrogen-bond acceptors (Lipinski definition) is 3. The number of nitrogens with zero attached hydrogens (tertiary/aromatic N) is 3. The summed E-state index contributed by atoms with van der Waals surface area (Å²) >= 11 is 0. The van der Waals surface area contributed by atoms with Crippen molar-refractivity contribution in [2.75, 3.05) is 31.1 Å². The Hall–Kier alpha value is -3.08. The Morgan fingerprint density at radius 3 is 2.30 bits per heavy atom. The predicted octanol–water partition coefficient (Wildman–Crippen LogP) is 3.36. The lowest BCUT2D eigenvalue weighted by Crippen LogP contribution is -2.49. The van der Waals surface area contributed by atoms with E-state index < -0.39 is 0 Å². The van der Waals surface area contributed by atoms with Crippen molar-refractivity contribution in [3.8, 4) is 11.3 Å². The van der Waals surface area contributed by atoms with E-state index in [-0.39, 0.29) is 5.91 Å². The molecular weight excluding hydrogens is 336 g/mol. The fraction of sp³-hybridized carbons (Fsp3) is 0.273. The Morgan fingerprint density at radius 2 is 1.59 bits per heavy atom. The maximum Gasteiger partial charge on any atom is 0.223 e. The highest BCUT2D eigenvalue weighted by molar-refractivity contribution is 5.76. The molecule has 0 bridgehead atoms. The lowest BCUT2D eigenvalue weighted by Gasteiger charge is -2.34. The van der Waals surface area contributed by atoms with Gasteiger partial charge in [-0.05, 0) is 17.5 Å². The molecule has 1 fully saturated rings. The largest absolute Gasteiger partial charge is 0.352 e.